The van der Waals surface area contributed by atoms with Gasteiger partial charge < -0.3 is 0 Å². The van der Waals surface area contributed by atoms with Gasteiger partial charge in [-0.15, -0.1) is 0 Å². The number of rotatable bonds is 4. The van der Waals surface area contributed by atoms with Crippen LogP contribution in [0.2, 0.25) is 0 Å². The molecule has 3 rings (SSSR count). The Balaban J connectivity index is 1.71. The lowest BCUT2D eigenvalue weighted by molar-refractivity contribution is 0.455. The highest BCUT2D eigenvalue weighted by atomic mass is 32.2. The molecule has 0 radical (unpaired) electrons. The number of pyridine rings is 1. The first-order valence-electron chi connectivity index (χ1n) is 7.30. The molecule has 1 aliphatic heterocycles. The Bertz CT molecular complexity index is 777. The summed E-state index contributed by atoms with van der Waals surface area (Å²) in [5.74, 6) is -1.18. The molecule has 23 heavy (non-hydrogen) atoms. The number of halogens is 2. The van der Waals surface area contributed by atoms with E-state index in [1.165, 1.54) is 34.9 Å². The fourth-order valence-corrected chi connectivity index (χ4v) is 4.39. The quantitative estimate of drug-likeness (QED) is 0.861. The van der Waals surface area contributed by atoms with Crippen LogP contribution in [-0.4, -0.2) is 30.8 Å². The molecule has 0 amide bonds. The molecule has 1 aromatic heterocycles. The molecule has 7 heteroatoms. The van der Waals surface area contributed by atoms with E-state index in [9.17, 15) is 17.2 Å². The monoisotopic (exact) mass is 338 g/mol. The van der Waals surface area contributed by atoms with Crippen LogP contribution in [0.15, 0.2) is 47.6 Å². The summed E-state index contributed by atoms with van der Waals surface area (Å²) in [6.07, 6.45) is 3.96. The zero-order chi connectivity index (χ0) is 16.4. The maximum atomic E-state index is 13.2. The molecule has 0 bridgehead atoms. The molecule has 122 valence electrons. The van der Waals surface area contributed by atoms with Gasteiger partial charge in [-0.1, -0.05) is 0 Å². The first kappa shape index (κ1) is 16.0. The van der Waals surface area contributed by atoms with Crippen LogP contribution in [0, 0.1) is 17.6 Å². The first-order chi connectivity index (χ1) is 10.9. The van der Waals surface area contributed by atoms with E-state index in [0.29, 0.717) is 31.5 Å². The summed E-state index contributed by atoms with van der Waals surface area (Å²) in [7, 11) is -3.56. The third-order valence-corrected chi connectivity index (χ3v) is 5.82. The smallest absolute Gasteiger partial charge is 0.244 e. The Morgan fingerprint density at radius 1 is 1.22 bits per heavy atom. The molecule has 1 saturated heterocycles. The Morgan fingerprint density at radius 3 is 2.61 bits per heavy atom. The second-order valence-corrected chi connectivity index (χ2v) is 7.63. The highest BCUT2D eigenvalue weighted by molar-refractivity contribution is 7.89. The van der Waals surface area contributed by atoms with Crippen LogP contribution in [0.5, 0.6) is 0 Å². The number of sulfonamides is 1. The summed E-state index contributed by atoms with van der Waals surface area (Å²) in [6.45, 7) is 0.745. The third-order valence-electron chi connectivity index (χ3n) is 3.97. The lowest BCUT2D eigenvalue weighted by Crippen LogP contribution is -2.29. The second kappa shape index (κ2) is 6.33. The Hall–Kier alpha value is -1.86. The van der Waals surface area contributed by atoms with Gasteiger partial charge in [-0.25, -0.2) is 17.2 Å². The molecule has 4 nitrogen and oxygen atoms in total. The second-order valence-electron chi connectivity index (χ2n) is 5.69. The third kappa shape index (κ3) is 3.56. The SMILES string of the molecule is O=S(=O)(c1cccnc1)N1CCC(Cc2cc(F)cc(F)c2)C1. The minimum Gasteiger partial charge on any atom is -0.263 e. The van der Waals surface area contributed by atoms with Crippen molar-refractivity contribution >= 4 is 10.0 Å². The fraction of sp³-hybridized carbons (Fsp3) is 0.312. The van der Waals surface area contributed by atoms with Gasteiger partial charge in [0, 0.05) is 31.5 Å². The average Bonchev–Trinajstić information content (AvgIpc) is 2.96. The van der Waals surface area contributed by atoms with Gasteiger partial charge in [0.2, 0.25) is 10.0 Å². The van der Waals surface area contributed by atoms with Crippen LogP contribution in [0.1, 0.15) is 12.0 Å². The summed E-state index contributed by atoms with van der Waals surface area (Å²) in [6, 6.07) is 6.51. The lowest BCUT2D eigenvalue weighted by Gasteiger charge is -2.16. The van der Waals surface area contributed by atoms with E-state index in [1.54, 1.807) is 6.07 Å². The highest BCUT2D eigenvalue weighted by Gasteiger charge is 2.32. The van der Waals surface area contributed by atoms with Crippen molar-refractivity contribution in [1.82, 2.24) is 9.29 Å². The average molecular weight is 338 g/mol. The first-order valence-corrected chi connectivity index (χ1v) is 8.74. The summed E-state index contributed by atoms with van der Waals surface area (Å²) in [5, 5.41) is 0. The minimum atomic E-state index is -3.56. The predicted octanol–water partition coefficient (Wildman–Crippen LogP) is 2.61. The van der Waals surface area contributed by atoms with Crippen LogP contribution >= 0.6 is 0 Å². The topological polar surface area (TPSA) is 50.3 Å². The van der Waals surface area contributed by atoms with E-state index >= 15 is 0 Å². The predicted molar refractivity (Wildman–Crippen MR) is 81.2 cm³/mol. The number of hydrogen-bond acceptors (Lipinski definition) is 3. The molecule has 1 fully saturated rings. The molecule has 2 aromatic rings. The maximum absolute atomic E-state index is 13.2. The number of nitrogens with zero attached hydrogens (tertiary/aromatic N) is 2. The van der Waals surface area contributed by atoms with Gasteiger partial charge in [0.05, 0.1) is 0 Å². The van der Waals surface area contributed by atoms with E-state index in [2.05, 4.69) is 4.98 Å². The van der Waals surface area contributed by atoms with E-state index < -0.39 is 21.7 Å². The molecule has 0 aliphatic carbocycles. The molecular weight excluding hydrogens is 322 g/mol. The van der Waals surface area contributed by atoms with Crippen LogP contribution in [0.3, 0.4) is 0 Å². The van der Waals surface area contributed by atoms with Crippen molar-refractivity contribution in [2.24, 2.45) is 5.92 Å². The fourth-order valence-electron chi connectivity index (χ4n) is 2.89. The maximum Gasteiger partial charge on any atom is 0.244 e. The Morgan fingerprint density at radius 2 is 1.96 bits per heavy atom. The molecular formula is C16H16F2N2O2S. The molecule has 2 heterocycles. The van der Waals surface area contributed by atoms with E-state index in [4.69, 9.17) is 0 Å². The van der Waals surface area contributed by atoms with Crippen molar-refractivity contribution in [1.29, 1.82) is 0 Å². The van der Waals surface area contributed by atoms with Gasteiger partial charge in [0.15, 0.2) is 0 Å². The van der Waals surface area contributed by atoms with Crippen LogP contribution < -0.4 is 0 Å². The Labute approximate surface area is 133 Å². The van der Waals surface area contributed by atoms with Gasteiger partial charge in [-0.05, 0) is 48.6 Å². The van der Waals surface area contributed by atoms with E-state index in [1.807, 2.05) is 0 Å². The molecule has 0 saturated carbocycles. The number of aromatic nitrogens is 1. The zero-order valence-corrected chi connectivity index (χ0v) is 13.1. The van der Waals surface area contributed by atoms with Crippen molar-refractivity contribution in [2.45, 2.75) is 17.7 Å². The largest absolute Gasteiger partial charge is 0.263 e. The van der Waals surface area contributed by atoms with E-state index in [-0.39, 0.29) is 10.8 Å². The number of hydrogen-bond donors (Lipinski definition) is 0. The standard InChI is InChI=1S/C16H16F2N2O2S/c17-14-7-13(8-15(18)9-14)6-12-3-5-20(11-12)23(21,22)16-2-1-4-19-10-16/h1-2,4,7-10,12H,3,5-6,11H2. The molecule has 1 atom stereocenters. The molecule has 1 aliphatic rings. The highest BCUT2D eigenvalue weighted by Crippen LogP contribution is 2.26. The number of benzene rings is 1. The zero-order valence-electron chi connectivity index (χ0n) is 12.3. The lowest BCUT2D eigenvalue weighted by atomic mass is 9.99. The molecule has 0 N–H and O–H groups in total. The minimum absolute atomic E-state index is 0.0441. The van der Waals surface area contributed by atoms with Crippen molar-refractivity contribution in [3.63, 3.8) is 0 Å². The van der Waals surface area contributed by atoms with Crippen LogP contribution in [-0.2, 0) is 16.4 Å². The van der Waals surface area contributed by atoms with Crippen molar-refractivity contribution < 1.29 is 17.2 Å². The van der Waals surface area contributed by atoms with Gasteiger partial charge in [-0.3, -0.25) is 4.98 Å². The van der Waals surface area contributed by atoms with Crippen molar-refractivity contribution in [3.8, 4) is 0 Å². The van der Waals surface area contributed by atoms with Gasteiger partial charge in [-0.2, -0.15) is 4.31 Å². The van der Waals surface area contributed by atoms with Crippen LogP contribution in [0.25, 0.3) is 0 Å². The van der Waals surface area contributed by atoms with Crippen molar-refractivity contribution in [3.05, 3.63) is 59.9 Å². The van der Waals surface area contributed by atoms with Crippen molar-refractivity contribution in [2.75, 3.05) is 13.1 Å². The molecule has 1 unspecified atom stereocenters. The molecule has 1 aromatic carbocycles. The van der Waals surface area contributed by atoms with E-state index in [0.717, 1.165) is 6.07 Å². The normalized spacial score (nSPS) is 19.1. The summed E-state index contributed by atoms with van der Waals surface area (Å²) in [4.78, 5) is 4.00. The summed E-state index contributed by atoms with van der Waals surface area (Å²) >= 11 is 0. The van der Waals surface area contributed by atoms with Crippen LogP contribution in [0.4, 0.5) is 8.78 Å². The van der Waals surface area contributed by atoms with Gasteiger partial charge >= 0.3 is 0 Å². The summed E-state index contributed by atoms with van der Waals surface area (Å²) < 4.78 is 52.9. The summed E-state index contributed by atoms with van der Waals surface area (Å²) in [5.41, 5.74) is 0.549. The Kier molecular flexibility index (Phi) is 4.41. The van der Waals surface area contributed by atoms with Gasteiger partial charge in [0.25, 0.3) is 0 Å². The molecule has 0 spiro atoms. The van der Waals surface area contributed by atoms with Gasteiger partial charge in [0.1, 0.15) is 16.5 Å².